The molecule has 1 aliphatic carbocycles. The first kappa shape index (κ1) is 17.2. The summed E-state index contributed by atoms with van der Waals surface area (Å²) < 4.78 is 10.7. The summed E-state index contributed by atoms with van der Waals surface area (Å²) >= 11 is 0. The van der Waals surface area contributed by atoms with Crippen molar-refractivity contribution in [1.82, 2.24) is 4.98 Å². The van der Waals surface area contributed by atoms with Crippen LogP contribution in [-0.4, -0.2) is 17.5 Å². The van der Waals surface area contributed by atoms with Crippen LogP contribution in [0.1, 0.15) is 37.7 Å². The zero-order valence-corrected chi connectivity index (χ0v) is 14.3. The topological polar surface area (TPSA) is 81.4 Å². The minimum absolute atomic E-state index is 0.0661. The minimum atomic E-state index is -0.523. The highest BCUT2D eigenvalue weighted by molar-refractivity contribution is 6.05. The SMILES string of the molecule is C=CC(=O)Nc1ccc(C)c2c(=O)oc(OCCCCC3CC3)nc12. The molecule has 1 aromatic carbocycles. The molecule has 1 aliphatic rings. The van der Waals surface area contributed by atoms with Crippen LogP contribution in [0.4, 0.5) is 5.69 Å². The van der Waals surface area contributed by atoms with Crippen molar-refractivity contribution in [3.63, 3.8) is 0 Å². The molecule has 1 fully saturated rings. The summed E-state index contributed by atoms with van der Waals surface area (Å²) in [6.07, 6.45) is 7.02. The molecule has 0 aliphatic heterocycles. The second kappa shape index (κ2) is 7.51. The maximum atomic E-state index is 12.3. The number of amides is 1. The second-order valence-corrected chi connectivity index (χ2v) is 6.40. The third-order valence-corrected chi connectivity index (χ3v) is 4.35. The number of aryl methyl sites for hydroxylation is 1. The number of benzene rings is 1. The van der Waals surface area contributed by atoms with Crippen LogP contribution >= 0.6 is 0 Å². The van der Waals surface area contributed by atoms with Gasteiger partial charge in [-0.25, -0.2) is 4.79 Å². The molecule has 3 rings (SSSR count). The number of ether oxygens (including phenoxy) is 1. The highest BCUT2D eigenvalue weighted by Gasteiger charge is 2.20. The van der Waals surface area contributed by atoms with Gasteiger partial charge in [-0.15, -0.1) is 0 Å². The van der Waals surface area contributed by atoms with Crippen molar-refractivity contribution >= 4 is 22.5 Å². The Morgan fingerprint density at radius 2 is 2.24 bits per heavy atom. The number of hydrogen-bond donors (Lipinski definition) is 1. The van der Waals surface area contributed by atoms with Crippen molar-refractivity contribution in [2.75, 3.05) is 11.9 Å². The Bertz CT molecular complexity index is 852. The summed E-state index contributed by atoms with van der Waals surface area (Å²) in [5, 5.41) is 2.99. The van der Waals surface area contributed by atoms with Crippen molar-refractivity contribution in [1.29, 1.82) is 0 Å². The quantitative estimate of drug-likeness (QED) is 0.586. The molecule has 132 valence electrons. The smallest absolute Gasteiger partial charge is 0.397 e. The van der Waals surface area contributed by atoms with Crippen LogP contribution in [0.15, 0.2) is 34.0 Å². The van der Waals surface area contributed by atoms with Gasteiger partial charge in [0.05, 0.1) is 17.7 Å². The number of nitrogens with one attached hydrogen (secondary N) is 1. The Hall–Kier alpha value is -2.63. The van der Waals surface area contributed by atoms with Crippen LogP contribution in [0.5, 0.6) is 6.08 Å². The van der Waals surface area contributed by atoms with Gasteiger partial charge in [-0.1, -0.05) is 31.9 Å². The maximum absolute atomic E-state index is 12.3. The van der Waals surface area contributed by atoms with E-state index in [0.717, 1.165) is 30.4 Å². The van der Waals surface area contributed by atoms with E-state index in [1.807, 2.05) is 0 Å². The molecule has 1 N–H and O–H groups in total. The van der Waals surface area contributed by atoms with Crippen molar-refractivity contribution in [2.45, 2.75) is 39.0 Å². The summed E-state index contributed by atoms with van der Waals surface area (Å²) in [6.45, 7) is 5.67. The monoisotopic (exact) mass is 342 g/mol. The molecule has 0 radical (unpaired) electrons. The largest absolute Gasteiger partial charge is 0.450 e. The van der Waals surface area contributed by atoms with Gasteiger partial charge in [0.1, 0.15) is 5.52 Å². The molecule has 0 spiro atoms. The van der Waals surface area contributed by atoms with E-state index >= 15 is 0 Å². The molecule has 1 aromatic heterocycles. The van der Waals surface area contributed by atoms with Gasteiger partial charge in [0.25, 0.3) is 0 Å². The first-order valence-electron chi connectivity index (χ1n) is 8.59. The number of unbranched alkanes of at least 4 members (excludes halogenated alkanes) is 1. The van der Waals surface area contributed by atoms with Crippen molar-refractivity contribution in [3.8, 4) is 6.08 Å². The van der Waals surface area contributed by atoms with Crippen LogP contribution < -0.4 is 15.7 Å². The average molecular weight is 342 g/mol. The van der Waals surface area contributed by atoms with E-state index in [4.69, 9.17) is 9.15 Å². The normalized spacial score (nSPS) is 13.6. The number of nitrogens with zero attached hydrogens (tertiary/aromatic N) is 1. The lowest BCUT2D eigenvalue weighted by atomic mass is 10.1. The van der Waals surface area contributed by atoms with E-state index < -0.39 is 5.63 Å². The van der Waals surface area contributed by atoms with E-state index in [9.17, 15) is 9.59 Å². The third kappa shape index (κ3) is 4.26. The average Bonchev–Trinajstić information content (AvgIpc) is 3.41. The Balaban J connectivity index is 1.79. The second-order valence-electron chi connectivity index (χ2n) is 6.40. The van der Waals surface area contributed by atoms with Crippen LogP contribution in [0.3, 0.4) is 0 Å². The first-order chi connectivity index (χ1) is 12.1. The fourth-order valence-corrected chi connectivity index (χ4v) is 2.76. The number of carbonyl (C=O) groups is 1. The molecule has 1 amide bonds. The lowest BCUT2D eigenvalue weighted by molar-refractivity contribution is -0.111. The number of fused-ring (bicyclic) bond motifs is 1. The molecule has 6 heteroatoms. The van der Waals surface area contributed by atoms with Gasteiger partial charge in [0.2, 0.25) is 5.91 Å². The summed E-state index contributed by atoms with van der Waals surface area (Å²) in [7, 11) is 0. The summed E-state index contributed by atoms with van der Waals surface area (Å²) in [5.41, 5.74) is 0.991. The van der Waals surface area contributed by atoms with E-state index in [1.54, 1.807) is 19.1 Å². The molecule has 0 bridgehead atoms. The van der Waals surface area contributed by atoms with Crippen molar-refractivity contribution < 1.29 is 13.9 Å². The number of carbonyl (C=O) groups excluding carboxylic acids is 1. The Kier molecular flexibility index (Phi) is 5.16. The number of anilines is 1. The fraction of sp³-hybridized carbons (Fsp3) is 0.421. The van der Waals surface area contributed by atoms with Gasteiger partial charge < -0.3 is 14.5 Å². The first-order valence-corrected chi connectivity index (χ1v) is 8.59. The van der Waals surface area contributed by atoms with Gasteiger partial charge in [-0.3, -0.25) is 4.79 Å². The molecule has 1 saturated carbocycles. The standard InChI is InChI=1S/C19H22N2O4/c1-3-15(22)20-14-10-7-12(2)16-17(14)21-19(25-18(16)23)24-11-5-4-6-13-8-9-13/h3,7,10,13H,1,4-6,8-9,11H2,2H3,(H,20,22). The van der Waals surface area contributed by atoms with Crippen LogP contribution in [0.2, 0.25) is 0 Å². The van der Waals surface area contributed by atoms with Crippen molar-refractivity contribution in [2.24, 2.45) is 5.92 Å². The lowest BCUT2D eigenvalue weighted by Crippen LogP contribution is -2.12. The lowest BCUT2D eigenvalue weighted by Gasteiger charge is -2.09. The van der Waals surface area contributed by atoms with Gasteiger partial charge in [0.15, 0.2) is 0 Å². The molecule has 0 saturated heterocycles. The van der Waals surface area contributed by atoms with Gasteiger partial charge in [-0.2, -0.15) is 4.98 Å². The molecular formula is C19H22N2O4. The maximum Gasteiger partial charge on any atom is 0.397 e. The molecule has 0 unspecified atom stereocenters. The van der Waals surface area contributed by atoms with E-state index in [-0.39, 0.29) is 12.0 Å². The third-order valence-electron chi connectivity index (χ3n) is 4.35. The zero-order chi connectivity index (χ0) is 17.8. The van der Waals surface area contributed by atoms with Crippen molar-refractivity contribution in [3.05, 3.63) is 40.8 Å². The van der Waals surface area contributed by atoms with Crippen LogP contribution in [0.25, 0.3) is 10.9 Å². The Morgan fingerprint density at radius 3 is 2.96 bits per heavy atom. The highest BCUT2D eigenvalue weighted by Crippen LogP contribution is 2.33. The number of hydrogen-bond acceptors (Lipinski definition) is 5. The predicted molar refractivity (Wildman–Crippen MR) is 95.9 cm³/mol. The Morgan fingerprint density at radius 1 is 1.44 bits per heavy atom. The van der Waals surface area contributed by atoms with Gasteiger partial charge >= 0.3 is 11.7 Å². The highest BCUT2D eigenvalue weighted by atomic mass is 16.6. The molecule has 25 heavy (non-hydrogen) atoms. The number of rotatable bonds is 8. The fourth-order valence-electron chi connectivity index (χ4n) is 2.76. The van der Waals surface area contributed by atoms with Gasteiger partial charge in [0, 0.05) is 0 Å². The van der Waals surface area contributed by atoms with Gasteiger partial charge in [-0.05, 0) is 43.4 Å². The molecule has 1 heterocycles. The molecule has 0 atom stereocenters. The predicted octanol–water partition coefficient (Wildman–Crippen LogP) is 3.58. The Labute approximate surface area is 145 Å². The van der Waals surface area contributed by atoms with Crippen LogP contribution in [0, 0.1) is 12.8 Å². The minimum Gasteiger partial charge on any atom is -0.450 e. The zero-order valence-electron chi connectivity index (χ0n) is 14.3. The van der Waals surface area contributed by atoms with Crippen LogP contribution in [-0.2, 0) is 4.79 Å². The van der Waals surface area contributed by atoms with E-state index in [2.05, 4.69) is 16.9 Å². The summed E-state index contributed by atoms with van der Waals surface area (Å²) in [4.78, 5) is 28.2. The molecular weight excluding hydrogens is 320 g/mol. The van der Waals surface area contributed by atoms with E-state index in [0.29, 0.717) is 23.2 Å². The molecule has 2 aromatic rings. The summed E-state index contributed by atoms with van der Waals surface area (Å²) in [5.74, 6) is 0.526. The summed E-state index contributed by atoms with van der Waals surface area (Å²) in [6, 6.07) is 3.43. The molecule has 6 nitrogen and oxygen atoms in total. The number of aromatic nitrogens is 1. The van der Waals surface area contributed by atoms with E-state index in [1.165, 1.54) is 19.3 Å².